The molecular weight excluding hydrogens is 172 g/mol. The van der Waals surface area contributed by atoms with Crippen LogP contribution in [0, 0.1) is 0 Å². The fourth-order valence-electron chi connectivity index (χ4n) is 2.00. The van der Waals surface area contributed by atoms with Crippen LogP contribution in [0.25, 0.3) is 12.2 Å². The van der Waals surface area contributed by atoms with E-state index in [4.69, 9.17) is 0 Å². The Morgan fingerprint density at radius 2 is 2.00 bits per heavy atom. The first-order valence-electron chi connectivity index (χ1n) is 4.96. The monoisotopic (exact) mass is 184 g/mol. The number of fused-ring (bicyclic) bond motifs is 3. The topological polar surface area (TPSA) is 24.1 Å². The van der Waals surface area contributed by atoms with Gasteiger partial charge in [0, 0.05) is 18.0 Å². The van der Waals surface area contributed by atoms with Gasteiger partial charge >= 0.3 is 0 Å². The van der Waals surface area contributed by atoms with Gasteiger partial charge in [-0.3, -0.25) is 0 Å². The molecule has 0 saturated heterocycles. The van der Waals surface area contributed by atoms with Crippen LogP contribution in [0.4, 0.5) is 11.4 Å². The van der Waals surface area contributed by atoms with Gasteiger partial charge in [0.15, 0.2) is 0 Å². The summed E-state index contributed by atoms with van der Waals surface area (Å²) in [5.74, 6) is 0. The highest BCUT2D eigenvalue weighted by atomic mass is 14.9. The second-order valence-electron chi connectivity index (χ2n) is 3.58. The molecule has 1 aromatic carbocycles. The largest absolute Gasteiger partial charge is 0.383 e. The van der Waals surface area contributed by atoms with Gasteiger partial charge in [-0.1, -0.05) is 24.3 Å². The number of benzene rings is 1. The summed E-state index contributed by atoms with van der Waals surface area (Å²) in [7, 11) is 0. The van der Waals surface area contributed by atoms with E-state index in [2.05, 4.69) is 34.9 Å². The molecule has 0 atom stereocenters. The standard InChI is InChI=1S/C12H12N2/c1-3-9-5-6-10-4-2-8-14-12(10)11(9)13-7-1/h1,3-7,13-14H,2,8H2. The third-order valence-corrected chi connectivity index (χ3v) is 2.68. The summed E-state index contributed by atoms with van der Waals surface area (Å²) in [5.41, 5.74) is 2.45. The van der Waals surface area contributed by atoms with Crippen molar-refractivity contribution in [2.45, 2.75) is 6.42 Å². The Labute approximate surface area is 82.6 Å². The third kappa shape index (κ3) is 1.04. The second-order valence-corrected chi connectivity index (χ2v) is 3.58. The van der Waals surface area contributed by atoms with Gasteiger partial charge in [-0.25, -0.2) is 0 Å². The van der Waals surface area contributed by atoms with E-state index < -0.39 is 0 Å². The summed E-state index contributed by atoms with van der Waals surface area (Å²) in [6, 6.07) is 4.34. The Bertz CT molecular complexity index is 512. The lowest BCUT2D eigenvalue weighted by Crippen LogP contribution is -2.24. The number of hydrogen-bond acceptors (Lipinski definition) is 2. The van der Waals surface area contributed by atoms with E-state index in [1.807, 2.05) is 12.3 Å². The molecule has 0 amide bonds. The third-order valence-electron chi connectivity index (χ3n) is 2.68. The smallest absolute Gasteiger partial charge is 0.0695 e. The highest BCUT2D eigenvalue weighted by Crippen LogP contribution is 2.16. The Hall–Kier alpha value is -1.70. The molecule has 70 valence electrons. The molecule has 0 saturated carbocycles. The summed E-state index contributed by atoms with van der Waals surface area (Å²) in [4.78, 5) is 0. The van der Waals surface area contributed by atoms with E-state index in [1.54, 1.807) is 0 Å². The molecular formula is C12H12N2. The highest BCUT2D eigenvalue weighted by Gasteiger charge is 2.08. The molecule has 0 bridgehead atoms. The molecule has 0 radical (unpaired) electrons. The zero-order valence-corrected chi connectivity index (χ0v) is 7.88. The summed E-state index contributed by atoms with van der Waals surface area (Å²) in [6.45, 7) is 1.04. The van der Waals surface area contributed by atoms with Crippen LogP contribution in [0.1, 0.15) is 6.42 Å². The van der Waals surface area contributed by atoms with Crippen molar-refractivity contribution in [3.63, 3.8) is 0 Å². The molecule has 0 fully saturated rings. The molecule has 0 aliphatic carbocycles. The Morgan fingerprint density at radius 1 is 1.07 bits per heavy atom. The first-order valence-corrected chi connectivity index (χ1v) is 4.96. The Balaban J connectivity index is 2.36. The van der Waals surface area contributed by atoms with E-state index in [9.17, 15) is 0 Å². The van der Waals surface area contributed by atoms with Gasteiger partial charge in [0.05, 0.1) is 11.4 Å². The summed E-state index contributed by atoms with van der Waals surface area (Å²) < 4.78 is 0. The molecule has 2 heteroatoms. The highest BCUT2D eigenvalue weighted by molar-refractivity contribution is 5.76. The van der Waals surface area contributed by atoms with Crippen LogP contribution in [-0.4, -0.2) is 6.54 Å². The lowest BCUT2D eigenvalue weighted by Gasteiger charge is -2.17. The van der Waals surface area contributed by atoms with Gasteiger partial charge in [-0.2, -0.15) is 0 Å². The van der Waals surface area contributed by atoms with Crippen LogP contribution in [0.15, 0.2) is 24.4 Å². The lowest BCUT2D eigenvalue weighted by molar-refractivity contribution is 1.08. The minimum absolute atomic E-state index is 1.04. The van der Waals surface area contributed by atoms with Crippen molar-refractivity contribution < 1.29 is 0 Å². The average molecular weight is 184 g/mol. The molecule has 2 aliphatic heterocycles. The molecule has 2 aliphatic rings. The van der Waals surface area contributed by atoms with E-state index in [0.717, 1.165) is 13.0 Å². The van der Waals surface area contributed by atoms with E-state index >= 15 is 0 Å². The lowest BCUT2D eigenvalue weighted by atomic mass is 10.1. The Kier molecular flexibility index (Phi) is 1.60. The van der Waals surface area contributed by atoms with Crippen molar-refractivity contribution in [2.75, 3.05) is 17.2 Å². The van der Waals surface area contributed by atoms with Crippen LogP contribution in [-0.2, 0) is 0 Å². The fourth-order valence-corrected chi connectivity index (χ4v) is 2.00. The van der Waals surface area contributed by atoms with Gasteiger partial charge in [-0.05, 0) is 17.7 Å². The van der Waals surface area contributed by atoms with E-state index in [0.29, 0.717) is 0 Å². The van der Waals surface area contributed by atoms with Gasteiger partial charge < -0.3 is 10.6 Å². The maximum absolute atomic E-state index is 3.44. The van der Waals surface area contributed by atoms with Crippen molar-refractivity contribution in [3.8, 4) is 0 Å². The number of allylic oxidation sites excluding steroid dienone is 1. The minimum atomic E-state index is 1.04. The quantitative estimate of drug-likeness (QED) is 0.628. The molecule has 0 unspecified atom stereocenters. The molecule has 1 aromatic rings. The number of hydrogen-bond donors (Lipinski definition) is 2. The molecule has 3 rings (SSSR count). The van der Waals surface area contributed by atoms with Crippen molar-refractivity contribution in [1.82, 2.24) is 0 Å². The number of rotatable bonds is 0. The summed E-state index contributed by atoms with van der Waals surface area (Å²) in [5, 5.41) is 9.31. The van der Waals surface area contributed by atoms with E-state index in [-0.39, 0.29) is 0 Å². The van der Waals surface area contributed by atoms with Crippen molar-refractivity contribution in [3.05, 3.63) is 34.8 Å². The summed E-state index contributed by atoms with van der Waals surface area (Å²) >= 11 is 0. The molecule has 0 spiro atoms. The van der Waals surface area contributed by atoms with Crippen LogP contribution in [0.5, 0.6) is 0 Å². The van der Waals surface area contributed by atoms with Crippen LogP contribution in [0.2, 0.25) is 0 Å². The van der Waals surface area contributed by atoms with Crippen molar-refractivity contribution in [1.29, 1.82) is 0 Å². The number of nitrogens with one attached hydrogen (secondary N) is 2. The SMILES string of the molecule is C1=CNc2c3c(ccc2=C1)=CCCN3. The van der Waals surface area contributed by atoms with Gasteiger partial charge in [-0.15, -0.1) is 0 Å². The van der Waals surface area contributed by atoms with Crippen LogP contribution >= 0.6 is 0 Å². The molecule has 2 N–H and O–H groups in total. The predicted molar refractivity (Wildman–Crippen MR) is 60.5 cm³/mol. The maximum atomic E-state index is 3.44. The fraction of sp³-hybridized carbons (Fsp3) is 0.167. The normalized spacial score (nSPS) is 16.6. The maximum Gasteiger partial charge on any atom is 0.0695 e. The molecule has 14 heavy (non-hydrogen) atoms. The first kappa shape index (κ1) is 7.68. The van der Waals surface area contributed by atoms with Crippen LogP contribution < -0.4 is 21.1 Å². The Morgan fingerprint density at radius 3 is 3.00 bits per heavy atom. The van der Waals surface area contributed by atoms with Gasteiger partial charge in [0.25, 0.3) is 0 Å². The molecule has 2 heterocycles. The zero-order chi connectivity index (χ0) is 9.38. The van der Waals surface area contributed by atoms with Gasteiger partial charge in [0.1, 0.15) is 0 Å². The average Bonchev–Trinajstić information content (AvgIpc) is 2.29. The minimum Gasteiger partial charge on any atom is -0.383 e. The van der Waals surface area contributed by atoms with Crippen LogP contribution in [0.3, 0.4) is 0 Å². The molecule has 0 aromatic heterocycles. The second kappa shape index (κ2) is 2.91. The number of anilines is 2. The van der Waals surface area contributed by atoms with Crippen molar-refractivity contribution in [2.24, 2.45) is 0 Å². The van der Waals surface area contributed by atoms with Gasteiger partial charge in [0.2, 0.25) is 0 Å². The van der Waals surface area contributed by atoms with Crippen molar-refractivity contribution >= 4 is 23.5 Å². The molecule has 2 nitrogen and oxygen atoms in total. The summed E-state index contributed by atoms with van der Waals surface area (Å²) in [6.07, 6.45) is 9.53. The predicted octanol–water partition coefficient (Wildman–Crippen LogP) is 1.00. The zero-order valence-electron chi connectivity index (χ0n) is 7.88. The van der Waals surface area contributed by atoms with E-state index in [1.165, 1.54) is 21.8 Å². The first-order chi connectivity index (χ1) is 6.95.